The molecule has 1 aliphatic heterocycles. The van der Waals surface area contributed by atoms with E-state index in [2.05, 4.69) is 30.8 Å². The third-order valence-electron chi connectivity index (χ3n) is 4.23. The van der Waals surface area contributed by atoms with Gasteiger partial charge in [0, 0.05) is 45.3 Å². The van der Waals surface area contributed by atoms with E-state index in [4.69, 9.17) is 4.52 Å². The molecule has 28 heavy (non-hydrogen) atoms. The number of nitrogens with one attached hydrogen (secondary N) is 2. The van der Waals surface area contributed by atoms with Crippen molar-refractivity contribution in [3.63, 3.8) is 0 Å². The van der Waals surface area contributed by atoms with E-state index in [-0.39, 0.29) is 6.04 Å². The highest BCUT2D eigenvalue weighted by Crippen LogP contribution is 2.20. The van der Waals surface area contributed by atoms with Gasteiger partial charge in [0.1, 0.15) is 5.69 Å². The van der Waals surface area contributed by atoms with Crippen LogP contribution in [-0.4, -0.2) is 71.4 Å². The third-order valence-corrected chi connectivity index (χ3v) is 4.23. The fraction of sp³-hybridized carbons (Fsp3) is 0.529. The van der Waals surface area contributed by atoms with Gasteiger partial charge in [0.15, 0.2) is 11.8 Å². The molecule has 2 N–H and O–H groups in total. The van der Waals surface area contributed by atoms with Crippen LogP contribution in [0.5, 0.6) is 0 Å². The lowest BCUT2D eigenvalue weighted by Gasteiger charge is -2.19. The van der Waals surface area contributed by atoms with Crippen LogP contribution in [0.25, 0.3) is 11.6 Å². The average Bonchev–Trinajstić information content (AvgIpc) is 3.30. The molecule has 0 radical (unpaired) electrons. The maximum atomic E-state index is 12.5. The average molecular weight is 397 g/mol. The van der Waals surface area contributed by atoms with Crippen LogP contribution in [-0.2, 0) is 6.42 Å². The van der Waals surface area contributed by atoms with Crippen LogP contribution >= 0.6 is 0 Å². The first-order valence-electron chi connectivity index (χ1n) is 8.93. The Morgan fingerprint density at radius 2 is 2.25 bits per heavy atom. The molecule has 1 saturated heterocycles. The Bertz CT molecular complexity index is 779. The van der Waals surface area contributed by atoms with Crippen molar-refractivity contribution in [1.29, 1.82) is 0 Å². The molecule has 152 valence electrons. The second-order valence-electron chi connectivity index (χ2n) is 6.46. The first-order chi connectivity index (χ1) is 13.4. The van der Waals surface area contributed by atoms with Crippen molar-refractivity contribution < 1.29 is 17.7 Å². The minimum atomic E-state index is -4.17. The van der Waals surface area contributed by atoms with Gasteiger partial charge in [0.05, 0.1) is 6.54 Å². The van der Waals surface area contributed by atoms with Crippen molar-refractivity contribution in [3.05, 3.63) is 30.2 Å². The molecular weight excluding hydrogens is 375 g/mol. The zero-order valence-corrected chi connectivity index (χ0v) is 15.4. The Kier molecular flexibility index (Phi) is 6.45. The number of aliphatic imine (C=N–C) groups is 1. The number of halogens is 3. The molecule has 1 aliphatic rings. The smallest absolute Gasteiger partial charge is 0.356 e. The van der Waals surface area contributed by atoms with Crippen molar-refractivity contribution in [2.45, 2.75) is 25.1 Å². The summed E-state index contributed by atoms with van der Waals surface area (Å²) >= 11 is 0. The molecule has 0 amide bonds. The molecule has 3 heterocycles. The quantitative estimate of drug-likeness (QED) is 0.563. The van der Waals surface area contributed by atoms with E-state index in [9.17, 15) is 13.2 Å². The zero-order chi connectivity index (χ0) is 20.0. The second kappa shape index (κ2) is 9.00. The van der Waals surface area contributed by atoms with E-state index in [1.807, 2.05) is 6.07 Å². The van der Waals surface area contributed by atoms with E-state index in [1.165, 1.54) is 4.90 Å². The monoisotopic (exact) mass is 397 g/mol. The molecule has 1 atom stereocenters. The van der Waals surface area contributed by atoms with E-state index in [0.717, 1.165) is 0 Å². The number of nitrogens with zero attached hydrogens (tertiary/aromatic N) is 5. The minimum Gasteiger partial charge on any atom is -0.356 e. The lowest BCUT2D eigenvalue weighted by atomic mass is 10.3. The number of guanidine groups is 1. The Morgan fingerprint density at radius 1 is 1.39 bits per heavy atom. The van der Waals surface area contributed by atoms with Gasteiger partial charge in [-0.2, -0.15) is 18.2 Å². The molecule has 8 nitrogen and oxygen atoms in total. The molecule has 0 aliphatic carbocycles. The van der Waals surface area contributed by atoms with E-state index in [0.29, 0.717) is 55.8 Å². The number of alkyl halides is 3. The number of hydrogen-bond acceptors (Lipinski definition) is 6. The highest BCUT2D eigenvalue weighted by Gasteiger charge is 2.34. The number of rotatable bonds is 6. The molecule has 11 heteroatoms. The topological polar surface area (TPSA) is 91.5 Å². The normalized spacial score (nSPS) is 18.4. The summed E-state index contributed by atoms with van der Waals surface area (Å²) in [5.41, 5.74) is 0.608. The number of likely N-dealkylation sites (tertiary alicyclic amines) is 1. The summed E-state index contributed by atoms with van der Waals surface area (Å²) in [6.07, 6.45) is -1.39. The van der Waals surface area contributed by atoms with Crippen LogP contribution in [0.2, 0.25) is 0 Å². The summed E-state index contributed by atoms with van der Waals surface area (Å²) in [6, 6.07) is 5.35. The molecule has 0 spiro atoms. The van der Waals surface area contributed by atoms with Gasteiger partial charge in [-0.3, -0.25) is 14.9 Å². The maximum Gasteiger partial charge on any atom is 0.401 e. The van der Waals surface area contributed by atoms with Crippen molar-refractivity contribution in [1.82, 2.24) is 30.7 Å². The van der Waals surface area contributed by atoms with Crippen LogP contribution in [0.3, 0.4) is 0 Å². The molecule has 2 aromatic rings. The number of pyridine rings is 1. The molecule has 0 saturated carbocycles. The van der Waals surface area contributed by atoms with Gasteiger partial charge in [-0.15, -0.1) is 0 Å². The summed E-state index contributed by atoms with van der Waals surface area (Å²) in [7, 11) is 1.62. The lowest BCUT2D eigenvalue weighted by molar-refractivity contribution is -0.143. The van der Waals surface area contributed by atoms with Crippen molar-refractivity contribution in [3.8, 4) is 11.6 Å². The molecule has 1 fully saturated rings. The Morgan fingerprint density at radius 3 is 2.96 bits per heavy atom. The van der Waals surface area contributed by atoms with E-state index < -0.39 is 12.7 Å². The van der Waals surface area contributed by atoms with Gasteiger partial charge in [0.25, 0.3) is 5.89 Å². The van der Waals surface area contributed by atoms with Crippen molar-refractivity contribution in [2.24, 2.45) is 4.99 Å². The standard InChI is InChI=1S/C17H22F3N7O/c1-21-16(24-12-6-9-27(10-12)11-17(18,19)20)23-8-5-14-25-15(28-26-14)13-4-2-3-7-22-13/h2-4,7,12H,5-6,8-11H2,1H3,(H2,21,23,24). The van der Waals surface area contributed by atoms with Gasteiger partial charge in [0.2, 0.25) is 0 Å². The third kappa shape index (κ3) is 5.91. The van der Waals surface area contributed by atoms with Crippen molar-refractivity contribution in [2.75, 3.05) is 33.2 Å². The SMILES string of the molecule is CN=C(NCCc1noc(-c2ccccn2)n1)NC1CCN(CC(F)(F)F)C1. The molecule has 0 bridgehead atoms. The predicted octanol–water partition coefficient (Wildman–Crippen LogP) is 1.48. The van der Waals surface area contributed by atoms with Crippen LogP contribution in [0.4, 0.5) is 13.2 Å². The molecule has 3 rings (SSSR count). The highest BCUT2D eigenvalue weighted by atomic mass is 19.4. The number of hydrogen-bond donors (Lipinski definition) is 2. The second-order valence-corrected chi connectivity index (χ2v) is 6.46. The van der Waals surface area contributed by atoms with E-state index in [1.54, 1.807) is 25.4 Å². The van der Waals surface area contributed by atoms with Gasteiger partial charge in [-0.05, 0) is 18.6 Å². The molecule has 0 aromatic carbocycles. The van der Waals surface area contributed by atoms with Crippen LogP contribution in [0.15, 0.2) is 33.9 Å². The van der Waals surface area contributed by atoms with Gasteiger partial charge in [-0.1, -0.05) is 11.2 Å². The van der Waals surface area contributed by atoms with Gasteiger partial charge >= 0.3 is 6.18 Å². The zero-order valence-electron chi connectivity index (χ0n) is 15.4. The Hall–Kier alpha value is -2.69. The van der Waals surface area contributed by atoms with Crippen LogP contribution < -0.4 is 10.6 Å². The summed E-state index contributed by atoms with van der Waals surface area (Å²) in [6.45, 7) is 0.360. The van der Waals surface area contributed by atoms with Crippen LogP contribution in [0, 0.1) is 0 Å². The predicted molar refractivity (Wildman–Crippen MR) is 96.6 cm³/mol. The van der Waals surface area contributed by atoms with Crippen molar-refractivity contribution >= 4 is 5.96 Å². The first kappa shape index (κ1) is 20.1. The first-order valence-corrected chi connectivity index (χ1v) is 8.93. The Labute approximate surface area is 160 Å². The Balaban J connectivity index is 1.42. The fourth-order valence-electron chi connectivity index (χ4n) is 2.98. The fourth-order valence-corrected chi connectivity index (χ4v) is 2.98. The largest absolute Gasteiger partial charge is 0.401 e. The summed E-state index contributed by atoms with van der Waals surface area (Å²) in [4.78, 5) is 14.0. The lowest BCUT2D eigenvalue weighted by Crippen LogP contribution is -2.45. The highest BCUT2D eigenvalue weighted by molar-refractivity contribution is 5.80. The molecule has 1 unspecified atom stereocenters. The summed E-state index contributed by atoms with van der Waals surface area (Å²) in [5.74, 6) is 1.42. The van der Waals surface area contributed by atoms with Crippen LogP contribution in [0.1, 0.15) is 12.2 Å². The molecular formula is C17H22F3N7O. The molecule has 2 aromatic heterocycles. The minimum absolute atomic E-state index is 0.0746. The van der Waals surface area contributed by atoms with E-state index >= 15 is 0 Å². The summed E-state index contributed by atoms with van der Waals surface area (Å²) < 4.78 is 42.6. The number of aromatic nitrogens is 3. The van der Waals surface area contributed by atoms with Gasteiger partial charge < -0.3 is 15.2 Å². The maximum absolute atomic E-state index is 12.5. The summed E-state index contributed by atoms with van der Waals surface area (Å²) in [5, 5.41) is 10.2. The van der Waals surface area contributed by atoms with Gasteiger partial charge in [-0.25, -0.2) is 0 Å².